The summed E-state index contributed by atoms with van der Waals surface area (Å²) >= 11 is 1.29. The van der Waals surface area contributed by atoms with Crippen LogP contribution in [0.3, 0.4) is 0 Å². The molecule has 0 bridgehead atoms. The second-order valence-corrected chi connectivity index (χ2v) is 8.11. The molecule has 10 heteroatoms. The van der Waals surface area contributed by atoms with Crippen molar-refractivity contribution in [3.63, 3.8) is 0 Å². The quantitative estimate of drug-likeness (QED) is 0.364. The zero-order valence-corrected chi connectivity index (χ0v) is 19.1. The van der Waals surface area contributed by atoms with Crippen molar-refractivity contribution in [2.24, 2.45) is 0 Å². The minimum atomic E-state index is -0.412. The van der Waals surface area contributed by atoms with Crippen molar-refractivity contribution in [2.45, 2.75) is 18.6 Å². The van der Waals surface area contributed by atoms with Crippen molar-refractivity contribution in [1.82, 2.24) is 19.7 Å². The van der Waals surface area contributed by atoms with E-state index in [-0.39, 0.29) is 17.6 Å². The highest BCUT2D eigenvalue weighted by Gasteiger charge is 2.15. The molecule has 0 aliphatic rings. The summed E-state index contributed by atoms with van der Waals surface area (Å²) in [5, 5.41) is 14.7. The number of carbonyl (C=O) groups excluding carboxylic acids is 2. The summed E-state index contributed by atoms with van der Waals surface area (Å²) in [7, 11) is 0. The molecule has 4 aromatic rings. The summed E-state index contributed by atoms with van der Waals surface area (Å²) in [4.78, 5) is 28.9. The maximum atomic E-state index is 13.1. The van der Waals surface area contributed by atoms with E-state index in [1.54, 1.807) is 36.7 Å². The van der Waals surface area contributed by atoms with Gasteiger partial charge in [-0.05, 0) is 61.5 Å². The molecule has 0 aliphatic heterocycles. The van der Waals surface area contributed by atoms with E-state index in [0.29, 0.717) is 28.6 Å². The Kier molecular flexibility index (Phi) is 7.28. The Morgan fingerprint density at radius 3 is 2.38 bits per heavy atom. The third-order valence-corrected chi connectivity index (χ3v) is 5.78. The molecule has 2 N–H and O–H groups in total. The van der Waals surface area contributed by atoms with Gasteiger partial charge >= 0.3 is 0 Å². The van der Waals surface area contributed by atoms with Gasteiger partial charge in [0.1, 0.15) is 5.82 Å². The Hall–Kier alpha value is -4.05. The Morgan fingerprint density at radius 1 is 0.971 bits per heavy atom. The molecule has 0 radical (unpaired) electrons. The van der Waals surface area contributed by atoms with Crippen LogP contribution in [-0.2, 0) is 11.3 Å². The number of nitrogens with one attached hydrogen (secondary N) is 2. The molecular weight excluding hydrogens is 455 g/mol. The van der Waals surface area contributed by atoms with Crippen molar-refractivity contribution in [3.8, 4) is 11.4 Å². The molecule has 0 saturated carbocycles. The number of hydrogen-bond donors (Lipinski definition) is 2. The number of pyridine rings is 1. The third kappa shape index (κ3) is 5.65. The monoisotopic (exact) mass is 476 g/mol. The lowest BCUT2D eigenvalue weighted by atomic mass is 10.2. The summed E-state index contributed by atoms with van der Waals surface area (Å²) in [5.74, 6) is -0.144. The van der Waals surface area contributed by atoms with Gasteiger partial charge in [0.15, 0.2) is 11.0 Å². The number of hydrogen-bond acceptors (Lipinski definition) is 6. The first-order chi connectivity index (χ1) is 16.5. The van der Waals surface area contributed by atoms with Crippen LogP contribution in [-0.4, -0.2) is 37.3 Å². The number of nitrogens with zero attached hydrogens (tertiary/aromatic N) is 4. The number of benzene rings is 2. The standard InChI is InChI=1S/C24H21FN6O2S/c1-2-31-22(16-10-12-26-13-11-16)29-30-24(31)34-15-21(32)27-19-4-3-5-20(14-19)28-23(33)17-6-8-18(25)9-7-17/h3-14H,2,15H2,1H3,(H,27,32)(H,28,33). The molecule has 2 heterocycles. The van der Waals surface area contributed by atoms with E-state index < -0.39 is 5.82 Å². The average Bonchev–Trinajstić information content (AvgIpc) is 3.27. The molecule has 8 nitrogen and oxygen atoms in total. The zero-order chi connectivity index (χ0) is 23.9. The highest BCUT2D eigenvalue weighted by molar-refractivity contribution is 7.99. The number of rotatable bonds is 8. The Morgan fingerprint density at radius 2 is 1.68 bits per heavy atom. The normalized spacial score (nSPS) is 10.6. The van der Waals surface area contributed by atoms with Crippen molar-refractivity contribution in [1.29, 1.82) is 0 Å². The summed E-state index contributed by atoms with van der Waals surface area (Å²) in [6.45, 7) is 2.65. The van der Waals surface area contributed by atoms with E-state index >= 15 is 0 Å². The van der Waals surface area contributed by atoms with Crippen molar-refractivity contribution < 1.29 is 14.0 Å². The van der Waals surface area contributed by atoms with Crippen LogP contribution in [0, 0.1) is 5.82 Å². The highest BCUT2D eigenvalue weighted by atomic mass is 32.2. The Balaban J connectivity index is 1.36. The predicted molar refractivity (Wildman–Crippen MR) is 129 cm³/mol. The van der Waals surface area contributed by atoms with E-state index in [0.717, 1.165) is 11.4 Å². The molecule has 2 aromatic heterocycles. The van der Waals surface area contributed by atoms with Crippen LogP contribution in [0.5, 0.6) is 0 Å². The molecule has 0 unspecified atom stereocenters. The lowest BCUT2D eigenvalue weighted by Crippen LogP contribution is -2.15. The van der Waals surface area contributed by atoms with Gasteiger partial charge in [-0.3, -0.25) is 14.6 Å². The lowest BCUT2D eigenvalue weighted by Gasteiger charge is -2.10. The first-order valence-corrected chi connectivity index (χ1v) is 11.5. The van der Waals surface area contributed by atoms with Gasteiger partial charge in [-0.2, -0.15) is 0 Å². The second kappa shape index (κ2) is 10.7. The maximum absolute atomic E-state index is 13.1. The van der Waals surface area contributed by atoms with E-state index in [9.17, 15) is 14.0 Å². The van der Waals surface area contributed by atoms with Crippen molar-refractivity contribution in [2.75, 3.05) is 16.4 Å². The van der Waals surface area contributed by atoms with Gasteiger partial charge in [-0.1, -0.05) is 17.8 Å². The molecule has 2 amide bonds. The van der Waals surface area contributed by atoms with Gasteiger partial charge in [-0.25, -0.2) is 4.39 Å². The lowest BCUT2D eigenvalue weighted by molar-refractivity contribution is -0.113. The topological polar surface area (TPSA) is 102 Å². The van der Waals surface area contributed by atoms with E-state index in [2.05, 4.69) is 25.8 Å². The fraction of sp³-hybridized carbons (Fsp3) is 0.125. The molecule has 0 fully saturated rings. The summed E-state index contributed by atoms with van der Waals surface area (Å²) in [6, 6.07) is 15.8. The second-order valence-electron chi connectivity index (χ2n) is 7.17. The summed E-state index contributed by atoms with van der Waals surface area (Å²) in [5.41, 5.74) is 2.28. The van der Waals surface area contributed by atoms with Crippen molar-refractivity contribution >= 4 is 35.0 Å². The van der Waals surface area contributed by atoms with E-state index in [1.165, 1.54) is 36.0 Å². The number of anilines is 2. The van der Waals surface area contributed by atoms with Gasteiger partial charge in [0.2, 0.25) is 5.91 Å². The highest BCUT2D eigenvalue weighted by Crippen LogP contribution is 2.24. The van der Waals surface area contributed by atoms with E-state index in [1.807, 2.05) is 23.6 Å². The van der Waals surface area contributed by atoms with Crippen LogP contribution in [0.2, 0.25) is 0 Å². The van der Waals surface area contributed by atoms with Gasteiger partial charge in [-0.15, -0.1) is 10.2 Å². The van der Waals surface area contributed by atoms with Gasteiger partial charge < -0.3 is 15.2 Å². The summed E-state index contributed by atoms with van der Waals surface area (Å²) in [6.07, 6.45) is 3.39. The van der Waals surface area contributed by atoms with Crippen LogP contribution < -0.4 is 10.6 Å². The molecule has 0 atom stereocenters. The van der Waals surface area contributed by atoms with Gasteiger partial charge in [0, 0.05) is 41.4 Å². The third-order valence-electron chi connectivity index (χ3n) is 4.81. The fourth-order valence-electron chi connectivity index (χ4n) is 3.20. The van der Waals surface area contributed by atoms with Crippen LogP contribution in [0.25, 0.3) is 11.4 Å². The number of aromatic nitrogens is 4. The maximum Gasteiger partial charge on any atom is 0.255 e. The Bertz CT molecular complexity index is 1290. The zero-order valence-electron chi connectivity index (χ0n) is 18.2. The van der Waals surface area contributed by atoms with Crippen LogP contribution in [0.4, 0.5) is 15.8 Å². The average molecular weight is 477 g/mol. The number of halogens is 1. The number of thioether (sulfide) groups is 1. The van der Waals surface area contributed by atoms with Gasteiger partial charge in [0.05, 0.1) is 5.75 Å². The number of carbonyl (C=O) groups is 2. The molecule has 4 rings (SSSR count). The van der Waals surface area contributed by atoms with Crippen molar-refractivity contribution in [3.05, 3.63) is 84.4 Å². The van der Waals surface area contributed by atoms with Gasteiger partial charge in [0.25, 0.3) is 5.91 Å². The van der Waals surface area contributed by atoms with E-state index in [4.69, 9.17) is 0 Å². The van der Waals surface area contributed by atoms with Crippen LogP contribution >= 0.6 is 11.8 Å². The predicted octanol–water partition coefficient (Wildman–Crippen LogP) is 4.48. The molecule has 34 heavy (non-hydrogen) atoms. The molecule has 0 aliphatic carbocycles. The SMILES string of the molecule is CCn1c(SCC(=O)Nc2cccc(NC(=O)c3ccc(F)cc3)c2)nnc1-c1ccncc1. The first-order valence-electron chi connectivity index (χ1n) is 10.5. The molecule has 172 valence electrons. The smallest absolute Gasteiger partial charge is 0.255 e. The Labute approximate surface area is 199 Å². The fourth-order valence-corrected chi connectivity index (χ4v) is 4.00. The largest absolute Gasteiger partial charge is 0.325 e. The number of amides is 2. The molecule has 2 aromatic carbocycles. The van der Waals surface area contributed by atoms with Crippen LogP contribution in [0.15, 0.2) is 78.2 Å². The molecule has 0 spiro atoms. The minimum Gasteiger partial charge on any atom is -0.325 e. The first kappa shape index (κ1) is 23.1. The molecule has 0 saturated heterocycles. The minimum absolute atomic E-state index is 0.140. The summed E-state index contributed by atoms with van der Waals surface area (Å²) < 4.78 is 15.0. The van der Waals surface area contributed by atoms with Crippen LogP contribution in [0.1, 0.15) is 17.3 Å². The molecular formula is C24H21FN6O2S.